The van der Waals surface area contributed by atoms with Crippen LogP contribution >= 0.6 is 0 Å². The number of rotatable bonds is 1. The summed E-state index contributed by atoms with van der Waals surface area (Å²) in [6.07, 6.45) is 15.2. The summed E-state index contributed by atoms with van der Waals surface area (Å²) < 4.78 is 6.15. The van der Waals surface area contributed by atoms with E-state index in [1.807, 2.05) is 0 Å². The molecule has 3 aliphatic rings. The van der Waals surface area contributed by atoms with E-state index in [1.54, 1.807) is 0 Å². The molecule has 1 aromatic carbocycles. The molecule has 0 N–H and O–H groups in total. The molecule has 20 heavy (non-hydrogen) atoms. The Morgan fingerprint density at radius 2 is 1.90 bits per heavy atom. The molecule has 100 valence electrons. The molecular weight excluding hydrogens is 244 g/mol. The topological polar surface area (TPSA) is 9.23 Å². The van der Waals surface area contributed by atoms with Crippen molar-refractivity contribution in [3.8, 4) is 0 Å². The molecule has 0 spiro atoms. The van der Waals surface area contributed by atoms with Crippen LogP contribution in [0.1, 0.15) is 24.0 Å². The first-order chi connectivity index (χ1) is 9.90. The summed E-state index contributed by atoms with van der Waals surface area (Å²) in [5.74, 6) is 2.71. The van der Waals surface area contributed by atoms with Gasteiger partial charge in [-0.1, -0.05) is 42.5 Å². The lowest BCUT2D eigenvalue weighted by Crippen LogP contribution is -2.19. The molecule has 0 bridgehead atoms. The molecule has 1 aromatic rings. The Morgan fingerprint density at radius 1 is 1.00 bits per heavy atom. The minimum atomic E-state index is 0.523. The van der Waals surface area contributed by atoms with E-state index >= 15 is 0 Å². The van der Waals surface area contributed by atoms with Gasteiger partial charge in [0.15, 0.2) is 0 Å². The van der Waals surface area contributed by atoms with E-state index in [4.69, 9.17) is 4.74 Å². The lowest BCUT2D eigenvalue weighted by molar-refractivity contribution is 0.244. The van der Waals surface area contributed by atoms with Crippen LogP contribution in [0.5, 0.6) is 0 Å². The van der Waals surface area contributed by atoms with Crippen molar-refractivity contribution in [3.63, 3.8) is 0 Å². The molecule has 2 aliphatic carbocycles. The molecule has 1 atom stereocenters. The lowest BCUT2D eigenvalue weighted by atomic mass is 9.82. The zero-order valence-electron chi connectivity index (χ0n) is 11.5. The summed E-state index contributed by atoms with van der Waals surface area (Å²) >= 11 is 0. The van der Waals surface area contributed by atoms with Crippen molar-refractivity contribution in [2.24, 2.45) is 5.92 Å². The van der Waals surface area contributed by atoms with Crippen molar-refractivity contribution in [2.45, 2.75) is 25.7 Å². The van der Waals surface area contributed by atoms with Gasteiger partial charge in [0.05, 0.1) is 0 Å². The molecule has 1 heterocycles. The molecule has 4 rings (SSSR count). The van der Waals surface area contributed by atoms with Gasteiger partial charge in [-0.2, -0.15) is 0 Å². The molecule has 0 radical (unpaired) electrons. The van der Waals surface area contributed by atoms with E-state index in [-0.39, 0.29) is 0 Å². The van der Waals surface area contributed by atoms with Gasteiger partial charge in [-0.05, 0) is 54.5 Å². The number of aryl methyl sites for hydroxylation is 1. The van der Waals surface area contributed by atoms with Crippen molar-refractivity contribution < 1.29 is 4.74 Å². The second-order valence-corrected chi connectivity index (χ2v) is 5.73. The third-order valence-corrected chi connectivity index (χ3v) is 4.46. The molecule has 0 saturated heterocycles. The van der Waals surface area contributed by atoms with Crippen molar-refractivity contribution in [3.05, 3.63) is 82.9 Å². The van der Waals surface area contributed by atoms with Crippen molar-refractivity contribution in [2.75, 3.05) is 0 Å². The van der Waals surface area contributed by atoms with E-state index in [9.17, 15) is 0 Å². The molecule has 0 saturated carbocycles. The van der Waals surface area contributed by atoms with Crippen molar-refractivity contribution >= 4 is 0 Å². The molecule has 1 aliphatic heterocycles. The van der Waals surface area contributed by atoms with Crippen LogP contribution < -0.4 is 0 Å². The average Bonchev–Trinajstić information content (AvgIpc) is 2.54. The third kappa shape index (κ3) is 2.03. The van der Waals surface area contributed by atoms with Gasteiger partial charge >= 0.3 is 0 Å². The Bertz CT molecular complexity index is 658. The third-order valence-electron chi connectivity index (χ3n) is 4.46. The lowest BCUT2D eigenvalue weighted by Gasteiger charge is -2.29. The van der Waals surface area contributed by atoms with Gasteiger partial charge in [-0.25, -0.2) is 0 Å². The zero-order valence-corrected chi connectivity index (χ0v) is 11.5. The molecule has 1 heteroatoms. The fraction of sp³-hybridized carbons (Fsp3) is 0.263. The maximum atomic E-state index is 6.15. The van der Waals surface area contributed by atoms with Crippen LogP contribution in [0.25, 0.3) is 0 Å². The highest BCUT2D eigenvalue weighted by Crippen LogP contribution is 2.36. The van der Waals surface area contributed by atoms with Crippen LogP contribution in [0.2, 0.25) is 0 Å². The summed E-state index contributed by atoms with van der Waals surface area (Å²) in [5, 5.41) is 0. The highest BCUT2D eigenvalue weighted by molar-refractivity contribution is 5.42. The molecule has 1 unspecified atom stereocenters. The number of benzene rings is 1. The second-order valence-electron chi connectivity index (χ2n) is 5.73. The molecule has 1 nitrogen and oxygen atoms in total. The Balaban J connectivity index is 1.58. The predicted octanol–water partition coefficient (Wildman–Crippen LogP) is 4.48. The highest BCUT2D eigenvalue weighted by Gasteiger charge is 2.25. The highest BCUT2D eigenvalue weighted by atomic mass is 16.5. The van der Waals surface area contributed by atoms with Crippen LogP contribution in [0, 0.1) is 5.92 Å². The summed E-state index contributed by atoms with van der Waals surface area (Å²) in [6, 6.07) is 8.80. The molecule has 0 fully saturated rings. The van der Waals surface area contributed by atoms with Gasteiger partial charge in [-0.3, -0.25) is 0 Å². The van der Waals surface area contributed by atoms with Gasteiger partial charge in [0, 0.05) is 5.92 Å². The standard InChI is InChI=1S/C19H18O/c1-2-7-16-13-17(10-9-14(16)5-1)19-12-11-15-6-3-4-8-18(15)20-19/h1-5,7-8,11-12,17H,6,9-10,13H2. The van der Waals surface area contributed by atoms with Gasteiger partial charge < -0.3 is 4.74 Å². The maximum absolute atomic E-state index is 6.15. The van der Waals surface area contributed by atoms with E-state index < -0.39 is 0 Å². The van der Waals surface area contributed by atoms with Gasteiger partial charge in [-0.15, -0.1) is 0 Å². The van der Waals surface area contributed by atoms with E-state index in [2.05, 4.69) is 54.6 Å². The monoisotopic (exact) mass is 262 g/mol. The van der Waals surface area contributed by atoms with Crippen LogP contribution in [-0.4, -0.2) is 0 Å². The first-order valence-electron chi connectivity index (χ1n) is 7.43. The predicted molar refractivity (Wildman–Crippen MR) is 81.0 cm³/mol. The molecule has 0 amide bonds. The first-order valence-corrected chi connectivity index (χ1v) is 7.43. The average molecular weight is 262 g/mol. The Hall–Kier alpha value is -2.02. The fourth-order valence-corrected chi connectivity index (χ4v) is 3.31. The SMILES string of the molecule is C1=CCC2=CC=C(C3CCc4ccccc4C3)OC2=C1. The van der Waals surface area contributed by atoms with E-state index in [1.165, 1.54) is 23.1 Å². The minimum Gasteiger partial charge on any atom is -0.461 e. The first kappa shape index (κ1) is 11.8. The number of ether oxygens (including phenoxy) is 1. The second kappa shape index (κ2) is 4.82. The van der Waals surface area contributed by atoms with Crippen LogP contribution in [0.4, 0.5) is 0 Å². The zero-order chi connectivity index (χ0) is 13.4. The Labute approximate surface area is 120 Å². The normalized spacial score (nSPS) is 23.8. The van der Waals surface area contributed by atoms with Crippen LogP contribution in [0.3, 0.4) is 0 Å². The van der Waals surface area contributed by atoms with Crippen LogP contribution in [0.15, 0.2) is 71.7 Å². The summed E-state index contributed by atoms with van der Waals surface area (Å²) in [4.78, 5) is 0. The maximum Gasteiger partial charge on any atom is 0.130 e. The number of fused-ring (bicyclic) bond motifs is 2. The summed E-state index contributed by atoms with van der Waals surface area (Å²) in [5.41, 5.74) is 4.30. The van der Waals surface area contributed by atoms with Gasteiger partial charge in [0.1, 0.15) is 11.5 Å². The van der Waals surface area contributed by atoms with E-state index in [0.717, 1.165) is 30.8 Å². The quantitative estimate of drug-likeness (QED) is 0.725. The summed E-state index contributed by atoms with van der Waals surface area (Å²) in [7, 11) is 0. The van der Waals surface area contributed by atoms with Crippen molar-refractivity contribution in [1.29, 1.82) is 0 Å². The molecular formula is C19H18O. The Morgan fingerprint density at radius 3 is 2.85 bits per heavy atom. The van der Waals surface area contributed by atoms with Gasteiger partial charge in [0.2, 0.25) is 0 Å². The molecule has 0 aromatic heterocycles. The Kier molecular flexibility index (Phi) is 2.84. The fourth-order valence-electron chi connectivity index (χ4n) is 3.31. The van der Waals surface area contributed by atoms with Gasteiger partial charge in [0.25, 0.3) is 0 Å². The number of hydrogen-bond acceptors (Lipinski definition) is 1. The summed E-state index contributed by atoms with van der Waals surface area (Å²) in [6.45, 7) is 0. The number of hydrogen-bond donors (Lipinski definition) is 0. The smallest absolute Gasteiger partial charge is 0.130 e. The minimum absolute atomic E-state index is 0.523. The van der Waals surface area contributed by atoms with Crippen molar-refractivity contribution in [1.82, 2.24) is 0 Å². The number of allylic oxidation sites excluding steroid dienone is 7. The largest absolute Gasteiger partial charge is 0.461 e. The van der Waals surface area contributed by atoms with Crippen LogP contribution in [-0.2, 0) is 17.6 Å². The van der Waals surface area contributed by atoms with E-state index in [0.29, 0.717) is 5.92 Å².